The molecule has 8 heteroatoms. The molecule has 1 saturated heterocycles. The van der Waals surface area contributed by atoms with E-state index >= 15 is 0 Å². The highest BCUT2D eigenvalue weighted by Gasteiger charge is 2.24. The molecule has 8 nitrogen and oxygen atoms in total. The molecule has 3 aromatic heterocycles. The lowest BCUT2D eigenvalue weighted by molar-refractivity contribution is 0.0740. The summed E-state index contributed by atoms with van der Waals surface area (Å²) in [6.45, 7) is 6.52. The number of rotatable bonds is 2. The van der Waals surface area contributed by atoms with Gasteiger partial charge in [0.05, 0.1) is 5.69 Å². The molecule has 4 heterocycles. The van der Waals surface area contributed by atoms with Crippen molar-refractivity contribution in [1.29, 1.82) is 0 Å². The summed E-state index contributed by atoms with van der Waals surface area (Å²) in [7, 11) is 0. The van der Waals surface area contributed by atoms with Crippen LogP contribution in [-0.2, 0) is 0 Å². The minimum atomic E-state index is -0.0434. The summed E-state index contributed by atoms with van der Waals surface area (Å²) in [5.41, 5.74) is 2.96. The number of carbonyl (C=O) groups excluding carboxylic acids is 1. The lowest BCUT2D eigenvalue weighted by atomic mass is 10.2. The Labute approximate surface area is 145 Å². The second-order valence-corrected chi connectivity index (χ2v) is 6.17. The van der Waals surface area contributed by atoms with Gasteiger partial charge in [0, 0.05) is 50.3 Å². The maximum absolute atomic E-state index is 12.8. The van der Waals surface area contributed by atoms with E-state index in [4.69, 9.17) is 0 Å². The van der Waals surface area contributed by atoms with Crippen LogP contribution in [0.2, 0.25) is 0 Å². The second-order valence-electron chi connectivity index (χ2n) is 6.17. The molecule has 0 saturated carbocycles. The first-order chi connectivity index (χ1) is 12.1. The third-order valence-corrected chi connectivity index (χ3v) is 4.35. The summed E-state index contributed by atoms with van der Waals surface area (Å²) in [5, 5.41) is 4.38. The fourth-order valence-electron chi connectivity index (χ4n) is 3.08. The zero-order valence-electron chi connectivity index (χ0n) is 14.3. The fraction of sp³-hybridized carbons (Fsp3) is 0.353. The van der Waals surface area contributed by atoms with Gasteiger partial charge in [0.15, 0.2) is 5.65 Å². The van der Waals surface area contributed by atoms with E-state index in [9.17, 15) is 4.79 Å². The van der Waals surface area contributed by atoms with Gasteiger partial charge in [0.2, 0.25) is 5.95 Å². The lowest BCUT2D eigenvalue weighted by Crippen LogP contribution is -2.49. The smallest absolute Gasteiger partial charge is 0.272 e. The van der Waals surface area contributed by atoms with Crippen LogP contribution in [0.4, 0.5) is 5.95 Å². The van der Waals surface area contributed by atoms with Crippen molar-refractivity contribution < 1.29 is 4.79 Å². The van der Waals surface area contributed by atoms with Crippen LogP contribution >= 0.6 is 0 Å². The summed E-state index contributed by atoms with van der Waals surface area (Å²) in [6.07, 6.45) is 3.46. The number of amides is 1. The highest BCUT2D eigenvalue weighted by atomic mass is 16.2. The van der Waals surface area contributed by atoms with Crippen LogP contribution in [0.1, 0.15) is 21.9 Å². The van der Waals surface area contributed by atoms with Gasteiger partial charge in [-0.2, -0.15) is 5.10 Å². The fourth-order valence-corrected chi connectivity index (χ4v) is 3.08. The summed E-state index contributed by atoms with van der Waals surface area (Å²) < 4.78 is 1.76. The molecule has 0 N–H and O–H groups in total. The largest absolute Gasteiger partial charge is 0.337 e. The predicted octanol–water partition coefficient (Wildman–Crippen LogP) is 1.10. The molecule has 4 rings (SSSR count). The average Bonchev–Trinajstić information content (AvgIpc) is 3.03. The molecule has 0 radical (unpaired) electrons. The van der Waals surface area contributed by atoms with Crippen molar-refractivity contribution in [3.63, 3.8) is 0 Å². The molecular formula is C17H19N7O. The van der Waals surface area contributed by atoms with Gasteiger partial charge in [-0.3, -0.25) is 4.79 Å². The number of hydrogen-bond acceptors (Lipinski definition) is 6. The van der Waals surface area contributed by atoms with Gasteiger partial charge in [-0.15, -0.1) is 0 Å². The Morgan fingerprint density at radius 3 is 2.48 bits per heavy atom. The maximum Gasteiger partial charge on any atom is 0.272 e. The number of nitrogens with zero attached hydrogens (tertiary/aromatic N) is 7. The van der Waals surface area contributed by atoms with E-state index in [1.165, 1.54) is 0 Å². The van der Waals surface area contributed by atoms with Gasteiger partial charge in [-0.1, -0.05) is 0 Å². The number of piperazine rings is 1. The van der Waals surface area contributed by atoms with E-state index in [-0.39, 0.29) is 5.91 Å². The standard InChI is InChI=1S/C17H19N7O/c1-12-10-15-20-14(11-13(2)24(15)21-12)16(25)22-6-8-23(9-7-22)17-18-4-3-5-19-17/h3-5,10-11H,6-9H2,1-2H3. The van der Waals surface area contributed by atoms with Crippen molar-refractivity contribution in [3.8, 4) is 0 Å². The second kappa shape index (κ2) is 6.12. The number of carbonyl (C=O) groups is 1. The van der Waals surface area contributed by atoms with E-state index in [1.54, 1.807) is 29.0 Å². The molecule has 0 aliphatic carbocycles. The molecule has 0 bridgehead atoms. The van der Waals surface area contributed by atoms with Gasteiger partial charge in [0.25, 0.3) is 5.91 Å². The average molecular weight is 337 g/mol. The SMILES string of the molecule is Cc1cc2nc(C(=O)N3CCN(c4ncccn4)CC3)cc(C)n2n1. The first-order valence-corrected chi connectivity index (χ1v) is 8.27. The van der Waals surface area contributed by atoms with Gasteiger partial charge < -0.3 is 9.80 Å². The molecule has 0 unspecified atom stereocenters. The summed E-state index contributed by atoms with van der Waals surface area (Å²) in [6, 6.07) is 5.48. The molecule has 1 fully saturated rings. The van der Waals surface area contributed by atoms with Crippen molar-refractivity contribution in [2.24, 2.45) is 0 Å². The molecular weight excluding hydrogens is 318 g/mol. The van der Waals surface area contributed by atoms with E-state index in [2.05, 4.69) is 25.0 Å². The lowest BCUT2D eigenvalue weighted by Gasteiger charge is -2.34. The van der Waals surface area contributed by atoms with E-state index in [0.717, 1.165) is 11.4 Å². The van der Waals surface area contributed by atoms with Crippen LogP contribution in [0, 0.1) is 13.8 Å². The van der Waals surface area contributed by atoms with Crippen LogP contribution in [0.15, 0.2) is 30.6 Å². The molecule has 128 valence electrons. The van der Waals surface area contributed by atoms with Crippen LogP contribution in [0.5, 0.6) is 0 Å². The summed E-state index contributed by atoms with van der Waals surface area (Å²) in [4.78, 5) is 29.8. The Hall–Kier alpha value is -3.03. The summed E-state index contributed by atoms with van der Waals surface area (Å²) >= 11 is 0. The molecule has 25 heavy (non-hydrogen) atoms. The first kappa shape index (κ1) is 15.5. The molecule has 3 aromatic rings. The van der Waals surface area contributed by atoms with Gasteiger partial charge in [-0.05, 0) is 26.0 Å². The van der Waals surface area contributed by atoms with Crippen LogP contribution in [-0.4, -0.2) is 61.6 Å². The number of anilines is 1. The first-order valence-electron chi connectivity index (χ1n) is 8.27. The zero-order valence-corrected chi connectivity index (χ0v) is 14.3. The normalized spacial score (nSPS) is 15.0. The van der Waals surface area contributed by atoms with E-state index in [0.29, 0.717) is 43.5 Å². The van der Waals surface area contributed by atoms with Gasteiger partial charge >= 0.3 is 0 Å². The van der Waals surface area contributed by atoms with Gasteiger partial charge in [-0.25, -0.2) is 19.5 Å². The maximum atomic E-state index is 12.8. The van der Waals surface area contributed by atoms with Crippen LogP contribution in [0.3, 0.4) is 0 Å². The van der Waals surface area contributed by atoms with E-state index < -0.39 is 0 Å². The Bertz CT molecular complexity index is 913. The predicted molar refractivity (Wildman–Crippen MR) is 92.6 cm³/mol. The molecule has 1 amide bonds. The third kappa shape index (κ3) is 2.90. The number of aryl methyl sites for hydroxylation is 2. The third-order valence-electron chi connectivity index (χ3n) is 4.35. The van der Waals surface area contributed by atoms with Gasteiger partial charge in [0.1, 0.15) is 5.69 Å². The topological polar surface area (TPSA) is 79.5 Å². The highest BCUT2D eigenvalue weighted by Crippen LogP contribution is 2.14. The molecule has 1 aliphatic rings. The number of fused-ring (bicyclic) bond motifs is 1. The number of hydrogen-bond donors (Lipinski definition) is 0. The van der Waals surface area contributed by atoms with E-state index in [1.807, 2.05) is 24.8 Å². The quantitative estimate of drug-likeness (QED) is 0.697. The van der Waals surface area contributed by atoms with Crippen LogP contribution < -0.4 is 4.90 Å². The minimum Gasteiger partial charge on any atom is -0.337 e. The Morgan fingerprint density at radius 2 is 1.76 bits per heavy atom. The molecule has 0 aromatic carbocycles. The molecule has 0 atom stereocenters. The van der Waals surface area contributed by atoms with Crippen molar-refractivity contribution >= 4 is 17.5 Å². The Morgan fingerprint density at radius 1 is 1.04 bits per heavy atom. The Kier molecular flexibility index (Phi) is 3.79. The highest BCUT2D eigenvalue weighted by molar-refractivity contribution is 5.93. The number of aromatic nitrogens is 5. The van der Waals surface area contributed by atoms with Crippen LogP contribution in [0.25, 0.3) is 5.65 Å². The van der Waals surface area contributed by atoms with Crippen molar-refractivity contribution in [3.05, 3.63) is 47.7 Å². The molecule has 0 spiro atoms. The summed E-state index contributed by atoms with van der Waals surface area (Å²) in [5.74, 6) is 0.665. The van der Waals surface area contributed by atoms with Crippen molar-refractivity contribution in [2.75, 3.05) is 31.1 Å². The Balaban J connectivity index is 1.51. The molecule has 1 aliphatic heterocycles. The van der Waals surface area contributed by atoms with Crippen molar-refractivity contribution in [1.82, 2.24) is 29.5 Å². The zero-order chi connectivity index (χ0) is 17.4. The minimum absolute atomic E-state index is 0.0434. The monoisotopic (exact) mass is 337 g/mol. The van der Waals surface area contributed by atoms with Crippen molar-refractivity contribution in [2.45, 2.75) is 13.8 Å².